The van der Waals surface area contributed by atoms with Crippen molar-refractivity contribution in [1.29, 1.82) is 0 Å². The van der Waals surface area contributed by atoms with Crippen LogP contribution in [0.1, 0.15) is 24.8 Å². The molecule has 1 aromatic heterocycles. The number of aryl methyl sites for hydroxylation is 1. The highest BCUT2D eigenvalue weighted by atomic mass is 32.2. The number of thioether (sulfide) groups is 1. The lowest BCUT2D eigenvalue weighted by Crippen LogP contribution is -2.44. The molecule has 0 spiro atoms. The van der Waals surface area contributed by atoms with Crippen molar-refractivity contribution in [3.05, 3.63) is 66.1 Å². The fourth-order valence-electron chi connectivity index (χ4n) is 4.83. The maximum Gasteiger partial charge on any atom is 0.308 e. The number of carbonyl (C=O) groups is 1. The number of carboxylic acids is 1. The minimum absolute atomic E-state index is 0.112. The van der Waals surface area contributed by atoms with Gasteiger partial charge in [0.15, 0.2) is 0 Å². The number of halogens is 1. The zero-order valence-corrected chi connectivity index (χ0v) is 20.3. The molecule has 2 aromatic carbocycles. The van der Waals surface area contributed by atoms with Crippen LogP contribution in [-0.4, -0.2) is 53.5 Å². The normalized spacial score (nSPS) is 18.8. The number of benzene rings is 2. The number of aliphatic carboxylic acids is 1. The van der Waals surface area contributed by atoms with Gasteiger partial charge < -0.3 is 14.7 Å². The fraction of sp³-hybridized carbons (Fsp3) is 0.407. The predicted molar refractivity (Wildman–Crippen MR) is 134 cm³/mol. The van der Waals surface area contributed by atoms with Gasteiger partial charge in [-0.2, -0.15) is 0 Å². The van der Waals surface area contributed by atoms with Crippen molar-refractivity contribution < 1.29 is 19.0 Å². The Labute approximate surface area is 204 Å². The van der Waals surface area contributed by atoms with Gasteiger partial charge in [-0.1, -0.05) is 18.2 Å². The third kappa shape index (κ3) is 6.07. The van der Waals surface area contributed by atoms with Gasteiger partial charge in [-0.15, -0.1) is 11.8 Å². The number of piperidine rings is 1. The molecular formula is C27H31FN2O3S. The molecule has 2 atom stereocenters. The van der Waals surface area contributed by atoms with E-state index in [0.717, 1.165) is 49.0 Å². The van der Waals surface area contributed by atoms with Crippen LogP contribution in [0.4, 0.5) is 4.39 Å². The van der Waals surface area contributed by atoms with E-state index in [1.807, 2.05) is 36.4 Å². The van der Waals surface area contributed by atoms with Crippen molar-refractivity contribution in [2.45, 2.75) is 30.6 Å². The Bertz CT molecular complexity index is 1110. The van der Waals surface area contributed by atoms with E-state index in [2.05, 4.69) is 22.0 Å². The molecule has 5 nitrogen and oxygen atoms in total. The highest BCUT2D eigenvalue weighted by Gasteiger charge is 2.33. The summed E-state index contributed by atoms with van der Waals surface area (Å²) in [5, 5.41) is 10.6. The smallest absolute Gasteiger partial charge is 0.308 e. The minimum atomic E-state index is -0.726. The number of pyridine rings is 1. The van der Waals surface area contributed by atoms with Crippen molar-refractivity contribution >= 4 is 28.6 Å². The van der Waals surface area contributed by atoms with E-state index >= 15 is 0 Å². The summed E-state index contributed by atoms with van der Waals surface area (Å²) in [5.41, 5.74) is 1.37. The number of ether oxygens (including phenoxy) is 1. The van der Waals surface area contributed by atoms with Crippen LogP contribution in [0, 0.1) is 17.7 Å². The number of rotatable bonds is 10. The molecule has 1 N–H and O–H groups in total. The summed E-state index contributed by atoms with van der Waals surface area (Å²) < 4.78 is 19.9. The van der Waals surface area contributed by atoms with E-state index in [4.69, 9.17) is 4.74 Å². The number of methoxy groups -OCH3 is 1. The SMILES string of the molecule is COc1ccc2ncc(F)c(CCC[C@H]3CCN(CCSc4ccccc4)C[C@H]3C(=O)O)c2c1. The van der Waals surface area contributed by atoms with Gasteiger partial charge in [0.25, 0.3) is 0 Å². The van der Waals surface area contributed by atoms with Crippen molar-refractivity contribution in [1.82, 2.24) is 9.88 Å². The topological polar surface area (TPSA) is 62.7 Å². The molecule has 1 aliphatic rings. The maximum atomic E-state index is 14.6. The lowest BCUT2D eigenvalue weighted by Gasteiger charge is -2.36. The van der Waals surface area contributed by atoms with Crippen molar-refractivity contribution in [3.63, 3.8) is 0 Å². The average molecular weight is 483 g/mol. The second kappa shape index (κ2) is 11.7. The number of hydrogen-bond donors (Lipinski definition) is 1. The molecule has 34 heavy (non-hydrogen) atoms. The monoisotopic (exact) mass is 482 g/mol. The summed E-state index contributed by atoms with van der Waals surface area (Å²) in [6, 6.07) is 15.8. The van der Waals surface area contributed by atoms with Crippen LogP contribution < -0.4 is 4.74 Å². The van der Waals surface area contributed by atoms with E-state index < -0.39 is 5.97 Å². The summed E-state index contributed by atoms with van der Waals surface area (Å²) in [6.07, 6.45) is 4.21. The zero-order chi connectivity index (χ0) is 23.9. The van der Waals surface area contributed by atoms with Crippen LogP contribution in [-0.2, 0) is 11.2 Å². The Morgan fingerprint density at radius 2 is 2.09 bits per heavy atom. The van der Waals surface area contributed by atoms with E-state index in [1.165, 1.54) is 11.1 Å². The van der Waals surface area contributed by atoms with Gasteiger partial charge in [-0.3, -0.25) is 9.78 Å². The molecule has 2 heterocycles. The number of aromatic nitrogens is 1. The minimum Gasteiger partial charge on any atom is -0.497 e. The van der Waals surface area contributed by atoms with Gasteiger partial charge in [0.2, 0.25) is 0 Å². The first kappa shape index (κ1) is 24.5. The van der Waals surface area contributed by atoms with Crippen LogP contribution in [0.25, 0.3) is 10.9 Å². The molecule has 0 radical (unpaired) electrons. The molecule has 0 aliphatic carbocycles. The second-order valence-corrected chi connectivity index (χ2v) is 9.98. The van der Waals surface area contributed by atoms with Crippen LogP contribution in [0.15, 0.2) is 59.6 Å². The van der Waals surface area contributed by atoms with E-state index in [0.29, 0.717) is 24.3 Å². The molecule has 0 unspecified atom stereocenters. The summed E-state index contributed by atoms with van der Waals surface area (Å²) >= 11 is 1.80. The molecule has 4 rings (SSSR count). The van der Waals surface area contributed by atoms with Gasteiger partial charge >= 0.3 is 5.97 Å². The Hall–Kier alpha value is -2.64. The first-order chi connectivity index (χ1) is 16.5. The molecule has 180 valence electrons. The van der Waals surface area contributed by atoms with Gasteiger partial charge in [-0.25, -0.2) is 4.39 Å². The number of fused-ring (bicyclic) bond motifs is 1. The van der Waals surface area contributed by atoms with E-state index in [9.17, 15) is 14.3 Å². The summed E-state index contributed by atoms with van der Waals surface area (Å²) in [7, 11) is 1.59. The first-order valence-electron chi connectivity index (χ1n) is 11.8. The largest absolute Gasteiger partial charge is 0.497 e. The first-order valence-corrected chi connectivity index (χ1v) is 12.8. The molecule has 3 aromatic rings. The van der Waals surface area contributed by atoms with E-state index in [1.54, 1.807) is 18.9 Å². The van der Waals surface area contributed by atoms with Crippen LogP contribution in [0.5, 0.6) is 5.75 Å². The molecule has 1 fully saturated rings. The lowest BCUT2D eigenvalue weighted by molar-refractivity contribution is -0.146. The summed E-state index contributed by atoms with van der Waals surface area (Å²) in [6.45, 7) is 2.37. The maximum absolute atomic E-state index is 14.6. The van der Waals surface area contributed by atoms with Crippen LogP contribution in [0.2, 0.25) is 0 Å². The van der Waals surface area contributed by atoms with E-state index in [-0.39, 0.29) is 17.7 Å². The zero-order valence-electron chi connectivity index (χ0n) is 19.5. The second-order valence-electron chi connectivity index (χ2n) is 8.82. The molecule has 0 amide bonds. The highest BCUT2D eigenvalue weighted by Crippen LogP contribution is 2.31. The third-order valence-electron chi connectivity index (χ3n) is 6.71. The van der Waals surface area contributed by atoms with Crippen molar-refractivity contribution in [2.24, 2.45) is 11.8 Å². The molecular weight excluding hydrogens is 451 g/mol. The Kier molecular flexibility index (Phi) is 8.40. The summed E-state index contributed by atoms with van der Waals surface area (Å²) in [4.78, 5) is 19.7. The Morgan fingerprint density at radius 1 is 1.26 bits per heavy atom. The molecule has 0 saturated carbocycles. The third-order valence-corrected chi connectivity index (χ3v) is 7.70. The lowest BCUT2D eigenvalue weighted by atomic mass is 9.81. The van der Waals surface area contributed by atoms with Gasteiger partial charge in [0, 0.05) is 29.1 Å². The predicted octanol–water partition coefficient (Wildman–Crippen LogP) is 5.52. The molecule has 1 aliphatic heterocycles. The van der Waals surface area contributed by atoms with Crippen molar-refractivity contribution in [2.75, 3.05) is 32.5 Å². The quantitative estimate of drug-likeness (QED) is 0.384. The number of carboxylic acid groups (broad SMARTS) is 1. The van der Waals surface area contributed by atoms with Gasteiger partial charge in [0.1, 0.15) is 11.6 Å². The van der Waals surface area contributed by atoms with Crippen molar-refractivity contribution in [3.8, 4) is 5.75 Å². The molecule has 0 bridgehead atoms. The Balaban J connectivity index is 1.32. The van der Waals surface area contributed by atoms with Crippen LogP contribution in [0.3, 0.4) is 0 Å². The van der Waals surface area contributed by atoms with Gasteiger partial charge in [-0.05, 0) is 74.0 Å². The van der Waals surface area contributed by atoms with Crippen LogP contribution >= 0.6 is 11.8 Å². The molecule has 1 saturated heterocycles. The fourth-order valence-corrected chi connectivity index (χ4v) is 5.76. The highest BCUT2D eigenvalue weighted by molar-refractivity contribution is 7.99. The standard InChI is InChI=1S/C27H31FN2O3S/c1-33-20-10-11-26-23(16-20)22(25(28)17-29-26)9-5-6-19-12-13-30(18-24(19)27(31)32)14-15-34-21-7-3-2-4-8-21/h2-4,7-8,10-11,16-17,19,24H,5-6,9,12-15,18H2,1H3,(H,31,32)/t19-,24+/m0/s1. The average Bonchev–Trinajstić information content (AvgIpc) is 2.86. The van der Waals surface area contributed by atoms with Gasteiger partial charge in [0.05, 0.1) is 24.7 Å². The number of likely N-dealkylation sites (tertiary alicyclic amines) is 1. The number of hydrogen-bond acceptors (Lipinski definition) is 5. The molecule has 7 heteroatoms. The number of nitrogens with zero attached hydrogens (tertiary/aromatic N) is 2. The Morgan fingerprint density at radius 3 is 2.85 bits per heavy atom. The summed E-state index contributed by atoms with van der Waals surface area (Å²) in [5.74, 6) is 0.302.